The van der Waals surface area contributed by atoms with E-state index in [0.29, 0.717) is 0 Å². The van der Waals surface area contributed by atoms with Crippen molar-refractivity contribution >= 4 is 31.9 Å². The fourth-order valence-corrected chi connectivity index (χ4v) is 5.18. The second kappa shape index (κ2) is 5.55. The van der Waals surface area contributed by atoms with E-state index in [1.165, 1.54) is 57.7 Å². The molecule has 0 amide bonds. The summed E-state index contributed by atoms with van der Waals surface area (Å²) in [5.41, 5.74) is 7.50. The third-order valence-corrected chi connectivity index (χ3v) is 7.07. The summed E-state index contributed by atoms with van der Waals surface area (Å²) in [6, 6.07) is 11.2. The highest BCUT2D eigenvalue weighted by atomic mass is 79.9. The summed E-state index contributed by atoms with van der Waals surface area (Å²) in [4.78, 5) is 0. The fourth-order valence-electron chi connectivity index (χ4n) is 4.06. The molecule has 0 aromatic heterocycles. The van der Waals surface area contributed by atoms with Gasteiger partial charge in [0.25, 0.3) is 0 Å². The van der Waals surface area contributed by atoms with Crippen LogP contribution in [-0.2, 0) is 6.42 Å². The molecule has 21 heavy (non-hydrogen) atoms. The molecule has 2 aromatic rings. The first-order valence-corrected chi connectivity index (χ1v) is 9.43. The van der Waals surface area contributed by atoms with E-state index in [0.717, 1.165) is 12.3 Å². The Morgan fingerprint density at radius 1 is 0.905 bits per heavy atom. The second-order valence-corrected chi connectivity index (χ2v) is 7.93. The molecule has 1 saturated carbocycles. The molecule has 2 heteroatoms. The Hall–Kier alpha value is -0.600. The van der Waals surface area contributed by atoms with Crippen LogP contribution in [0.15, 0.2) is 39.3 Å². The van der Waals surface area contributed by atoms with Crippen molar-refractivity contribution in [3.63, 3.8) is 0 Å². The van der Waals surface area contributed by atoms with E-state index < -0.39 is 0 Å². The van der Waals surface area contributed by atoms with Crippen molar-refractivity contribution in [1.29, 1.82) is 0 Å². The standard InChI is InChI=1S/C19H18Br2/c20-17-11-15-14-9-5-4-8-13(14)10-16(15)18(19(17)21)12-6-2-1-3-7-12/h4-5,8-9,11-12H,1-3,6-7,10H2. The van der Waals surface area contributed by atoms with Gasteiger partial charge in [-0.05, 0) is 90.9 Å². The SMILES string of the molecule is Brc1cc2c(c(C3CCCCC3)c1Br)Cc1ccccc1-2. The second-order valence-electron chi connectivity index (χ2n) is 6.28. The van der Waals surface area contributed by atoms with Crippen LogP contribution >= 0.6 is 31.9 Å². The zero-order chi connectivity index (χ0) is 14.4. The van der Waals surface area contributed by atoms with E-state index in [4.69, 9.17) is 0 Å². The molecule has 0 N–H and O–H groups in total. The van der Waals surface area contributed by atoms with E-state index in [-0.39, 0.29) is 0 Å². The van der Waals surface area contributed by atoms with Crippen molar-refractivity contribution in [1.82, 2.24) is 0 Å². The minimum atomic E-state index is 0.730. The topological polar surface area (TPSA) is 0 Å². The summed E-state index contributed by atoms with van der Waals surface area (Å²) in [6.07, 6.45) is 7.96. The van der Waals surface area contributed by atoms with Crippen LogP contribution in [0.4, 0.5) is 0 Å². The molecule has 0 unspecified atom stereocenters. The Bertz CT molecular complexity index is 697. The summed E-state index contributed by atoms with van der Waals surface area (Å²) in [6.45, 7) is 0. The third-order valence-electron chi connectivity index (χ3n) is 5.06. The quantitative estimate of drug-likeness (QED) is 0.416. The van der Waals surface area contributed by atoms with E-state index in [1.807, 2.05) is 0 Å². The summed E-state index contributed by atoms with van der Waals surface area (Å²) in [5.74, 6) is 0.730. The van der Waals surface area contributed by atoms with Crippen LogP contribution in [0.5, 0.6) is 0 Å². The Balaban J connectivity index is 1.90. The van der Waals surface area contributed by atoms with Crippen LogP contribution in [0, 0.1) is 0 Å². The molecule has 0 radical (unpaired) electrons. The molecule has 108 valence electrons. The van der Waals surface area contributed by atoms with Crippen LogP contribution in [0.25, 0.3) is 11.1 Å². The monoisotopic (exact) mass is 404 g/mol. The third kappa shape index (κ3) is 2.31. The molecular weight excluding hydrogens is 388 g/mol. The minimum Gasteiger partial charge on any atom is -0.0619 e. The largest absolute Gasteiger partial charge is 0.0619 e. The maximum Gasteiger partial charge on any atom is 0.0355 e. The molecule has 0 atom stereocenters. The zero-order valence-corrected chi connectivity index (χ0v) is 15.1. The molecule has 0 spiro atoms. The molecule has 0 aliphatic heterocycles. The zero-order valence-electron chi connectivity index (χ0n) is 12.0. The number of hydrogen-bond donors (Lipinski definition) is 0. The van der Waals surface area contributed by atoms with Gasteiger partial charge in [-0.25, -0.2) is 0 Å². The first-order chi connectivity index (χ1) is 10.3. The van der Waals surface area contributed by atoms with Crippen LogP contribution in [0.3, 0.4) is 0 Å². The van der Waals surface area contributed by atoms with E-state index in [2.05, 4.69) is 62.2 Å². The molecule has 2 aliphatic rings. The number of hydrogen-bond acceptors (Lipinski definition) is 0. The van der Waals surface area contributed by atoms with Crippen molar-refractivity contribution in [3.05, 3.63) is 56.0 Å². The van der Waals surface area contributed by atoms with Crippen LogP contribution in [-0.4, -0.2) is 0 Å². The lowest BCUT2D eigenvalue weighted by Crippen LogP contribution is -2.08. The first-order valence-electron chi connectivity index (χ1n) is 7.84. The Morgan fingerprint density at radius 3 is 2.48 bits per heavy atom. The lowest BCUT2D eigenvalue weighted by atomic mass is 9.81. The van der Waals surface area contributed by atoms with Crippen molar-refractivity contribution < 1.29 is 0 Å². The van der Waals surface area contributed by atoms with Crippen molar-refractivity contribution in [2.75, 3.05) is 0 Å². The predicted molar refractivity (Wildman–Crippen MR) is 95.9 cm³/mol. The van der Waals surface area contributed by atoms with E-state index in [1.54, 1.807) is 11.1 Å². The van der Waals surface area contributed by atoms with Gasteiger partial charge in [0.05, 0.1) is 0 Å². The highest BCUT2D eigenvalue weighted by molar-refractivity contribution is 9.13. The number of fused-ring (bicyclic) bond motifs is 3. The Kier molecular flexibility index (Phi) is 3.71. The molecule has 0 bridgehead atoms. The Labute approximate surface area is 143 Å². The molecule has 4 rings (SSSR count). The molecule has 0 heterocycles. The Morgan fingerprint density at radius 2 is 1.67 bits per heavy atom. The predicted octanol–water partition coefficient (Wildman–Crippen LogP) is 6.83. The van der Waals surface area contributed by atoms with Crippen LogP contribution < -0.4 is 0 Å². The lowest BCUT2D eigenvalue weighted by Gasteiger charge is -2.26. The van der Waals surface area contributed by atoms with Gasteiger partial charge in [0, 0.05) is 8.95 Å². The number of rotatable bonds is 1. The summed E-state index contributed by atoms with van der Waals surface area (Å²) in [5, 5.41) is 0. The molecule has 2 aliphatic carbocycles. The van der Waals surface area contributed by atoms with E-state index >= 15 is 0 Å². The van der Waals surface area contributed by atoms with Gasteiger partial charge in [0.1, 0.15) is 0 Å². The number of benzene rings is 2. The van der Waals surface area contributed by atoms with Gasteiger partial charge < -0.3 is 0 Å². The van der Waals surface area contributed by atoms with Gasteiger partial charge in [-0.3, -0.25) is 0 Å². The smallest absolute Gasteiger partial charge is 0.0355 e. The number of halogens is 2. The minimum absolute atomic E-state index is 0.730. The molecule has 2 aromatic carbocycles. The van der Waals surface area contributed by atoms with Gasteiger partial charge in [-0.15, -0.1) is 0 Å². The van der Waals surface area contributed by atoms with Gasteiger partial charge in [-0.1, -0.05) is 43.5 Å². The van der Waals surface area contributed by atoms with Crippen molar-refractivity contribution in [2.45, 2.75) is 44.4 Å². The lowest BCUT2D eigenvalue weighted by molar-refractivity contribution is 0.441. The van der Waals surface area contributed by atoms with Gasteiger partial charge in [-0.2, -0.15) is 0 Å². The fraction of sp³-hybridized carbons (Fsp3) is 0.368. The van der Waals surface area contributed by atoms with E-state index in [9.17, 15) is 0 Å². The van der Waals surface area contributed by atoms with Crippen molar-refractivity contribution in [2.24, 2.45) is 0 Å². The average Bonchev–Trinajstić information content (AvgIpc) is 2.87. The van der Waals surface area contributed by atoms with Gasteiger partial charge in [0.15, 0.2) is 0 Å². The first kappa shape index (κ1) is 14.0. The highest BCUT2D eigenvalue weighted by Crippen LogP contribution is 2.48. The maximum atomic E-state index is 3.87. The van der Waals surface area contributed by atoms with Gasteiger partial charge in [0.2, 0.25) is 0 Å². The molecule has 1 fully saturated rings. The van der Waals surface area contributed by atoms with Gasteiger partial charge >= 0.3 is 0 Å². The summed E-state index contributed by atoms with van der Waals surface area (Å²) >= 11 is 7.64. The summed E-state index contributed by atoms with van der Waals surface area (Å²) < 4.78 is 2.50. The molecular formula is C19H18Br2. The summed E-state index contributed by atoms with van der Waals surface area (Å²) in [7, 11) is 0. The average molecular weight is 406 g/mol. The maximum absolute atomic E-state index is 3.87. The molecule has 0 nitrogen and oxygen atoms in total. The van der Waals surface area contributed by atoms with Crippen LogP contribution in [0.2, 0.25) is 0 Å². The highest BCUT2D eigenvalue weighted by Gasteiger charge is 2.28. The van der Waals surface area contributed by atoms with Crippen molar-refractivity contribution in [3.8, 4) is 11.1 Å². The molecule has 0 saturated heterocycles. The van der Waals surface area contributed by atoms with Crippen LogP contribution in [0.1, 0.15) is 54.7 Å². The normalized spacial score (nSPS) is 17.6.